The maximum Gasteiger partial charge on any atom is 0.249 e. The molecule has 3 amide bonds. The zero-order valence-electron chi connectivity index (χ0n) is 22.3. The summed E-state index contributed by atoms with van der Waals surface area (Å²) in [6.45, 7) is 8.12. The largest absolute Gasteiger partial charge is 0.497 e. The Balaban J connectivity index is 0.00000684. The Labute approximate surface area is 226 Å². The predicted molar refractivity (Wildman–Crippen MR) is 148 cm³/mol. The molecule has 0 bridgehead atoms. The van der Waals surface area contributed by atoms with Crippen LogP contribution in [0.3, 0.4) is 0 Å². The molecule has 0 radical (unpaired) electrons. The first-order valence-corrected chi connectivity index (χ1v) is 12.5. The molecule has 0 aliphatic heterocycles. The van der Waals surface area contributed by atoms with E-state index in [1.54, 1.807) is 19.2 Å². The fourth-order valence-electron chi connectivity index (χ4n) is 3.68. The van der Waals surface area contributed by atoms with Crippen LogP contribution in [0.1, 0.15) is 45.2 Å². The normalized spacial score (nSPS) is 14.0. The molecule has 37 heavy (non-hydrogen) atoms. The van der Waals surface area contributed by atoms with Crippen molar-refractivity contribution >= 4 is 30.1 Å². The third kappa shape index (κ3) is 10.1. The maximum atomic E-state index is 13.3. The molecule has 2 aromatic carbocycles. The van der Waals surface area contributed by atoms with Crippen molar-refractivity contribution in [2.45, 2.75) is 65.2 Å². The standard InChI is InChI=1S/C28H40N4O4.ClH/c1-6-19(4)25(30-17-21-10-8-7-9-11-21)28(35)32-26(33)23(31-27(34)24(29)18(2)3)16-20-12-14-22(36-5)15-13-20;/h7-15,18-19,23-25,30H,6,16-17,29H2,1-5H3,(H,31,34)(H,32,33,35);1H/t19-,23-,24-,25-;/m0./s1. The fourth-order valence-corrected chi connectivity index (χ4v) is 3.68. The van der Waals surface area contributed by atoms with E-state index in [-0.39, 0.29) is 30.7 Å². The van der Waals surface area contributed by atoms with Crippen molar-refractivity contribution in [3.63, 3.8) is 0 Å². The quantitative estimate of drug-likeness (QED) is 0.314. The van der Waals surface area contributed by atoms with Crippen LogP contribution in [0.5, 0.6) is 5.75 Å². The highest BCUT2D eigenvalue weighted by atomic mass is 35.5. The molecule has 0 spiro atoms. The van der Waals surface area contributed by atoms with Crippen LogP contribution in [-0.2, 0) is 27.3 Å². The van der Waals surface area contributed by atoms with Crippen molar-refractivity contribution in [2.75, 3.05) is 7.11 Å². The summed E-state index contributed by atoms with van der Waals surface area (Å²) in [6, 6.07) is 14.6. The van der Waals surface area contributed by atoms with Crippen LogP contribution >= 0.6 is 12.4 Å². The van der Waals surface area contributed by atoms with Crippen molar-refractivity contribution in [1.82, 2.24) is 16.0 Å². The number of halogens is 1. The number of benzene rings is 2. The number of hydrogen-bond acceptors (Lipinski definition) is 6. The van der Waals surface area contributed by atoms with Crippen LogP contribution in [0.15, 0.2) is 54.6 Å². The Bertz CT molecular complexity index is 985. The average molecular weight is 533 g/mol. The van der Waals surface area contributed by atoms with Gasteiger partial charge in [-0.05, 0) is 35.1 Å². The number of rotatable bonds is 13. The molecule has 0 aliphatic carbocycles. The van der Waals surface area contributed by atoms with Crippen molar-refractivity contribution < 1.29 is 19.1 Å². The number of carbonyl (C=O) groups is 3. The third-order valence-corrected chi connectivity index (χ3v) is 6.36. The number of nitrogens with one attached hydrogen (secondary N) is 3. The van der Waals surface area contributed by atoms with Crippen molar-refractivity contribution in [3.05, 3.63) is 65.7 Å². The summed E-state index contributed by atoms with van der Waals surface area (Å²) >= 11 is 0. The highest BCUT2D eigenvalue weighted by Gasteiger charge is 2.30. The molecule has 4 atom stereocenters. The van der Waals surface area contributed by atoms with E-state index < -0.39 is 35.8 Å². The smallest absolute Gasteiger partial charge is 0.249 e. The topological polar surface area (TPSA) is 123 Å². The van der Waals surface area contributed by atoms with E-state index in [1.165, 1.54) is 0 Å². The van der Waals surface area contributed by atoms with E-state index in [2.05, 4.69) is 16.0 Å². The van der Waals surface area contributed by atoms with E-state index in [9.17, 15) is 14.4 Å². The van der Waals surface area contributed by atoms with Gasteiger partial charge in [-0.3, -0.25) is 19.7 Å². The van der Waals surface area contributed by atoms with Crippen molar-refractivity contribution in [1.29, 1.82) is 0 Å². The van der Waals surface area contributed by atoms with Gasteiger partial charge in [0.1, 0.15) is 11.8 Å². The van der Waals surface area contributed by atoms with Gasteiger partial charge in [-0.1, -0.05) is 76.6 Å². The van der Waals surface area contributed by atoms with Gasteiger partial charge in [-0.15, -0.1) is 12.4 Å². The second-order valence-corrected chi connectivity index (χ2v) is 9.47. The van der Waals surface area contributed by atoms with Crippen molar-refractivity contribution in [3.8, 4) is 5.75 Å². The van der Waals surface area contributed by atoms with Crippen LogP contribution in [-0.4, -0.2) is 43.0 Å². The molecule has 2 aromatic rings. The molecule has 0 saturated carbocycles. The van der Waals surface area contributed by atoms with Gasteiger partial charge in [0.25, 0.3) is 0 Å². The van der Waals surface area contributed by atoms with Crippen LogP contribution in [0.25, 0.3) is 0 Å². The molecular weight excluding hydrogens is 492 g/mol. The number of nitrogens with two attached hydrogens (primary N) is 1. The summed E-state index contributed by atoms with van der Waals surface area (Å²) < 4.78 is 5.19. The summed E-state index contributed by atoms with van der Waals surface area (Å²) in [5.41, 5.74) is 7.85. The highest BCUT2D eigenvalue weighted by Crippen LogP contribution is 2.14. The number of hydrogen-bond donors (Lipinski definition) is 4. The minimum Gasteiger partial charge on any atom is -0.497 e. The van der Waals surface area contributed by atoms with Crippen molar-refractivity contribution in [2.24, 2.45) is 17.6 Å². The first-order valence-electron chi connectivity index (χ1n) is 12.5. The Hall–Kier alpha value is -2.94. The summed E-state index contributed by atoms with van der Waals surface area (Å²) in [7, 11) is 1.57. The molecule has 0 aliphatic rings. The van der Waals surface area contributed by atoms with E-state index in [1.807, 2.05) is 70.2 Å². The minimum absolute atomic E-state index is 0. The van der Waals surface area contributed by atoms with E-state index >= 15 is 0 Å². The van der Waals surface area contributed by atoms with E-state index in [0.717, 1.165) is 17.5 Å². The van der Waals surface area contributed by atoms with Gasteiger partial charge in [0.15, 0.2) is 0 Å². The van der Waals surface area contributed by atoms with Gasteiger partial charge in [0, 0.05) is 13.0 Å². The number of imide groups is 1. The lowest BCUT2D eigenvalue weighted by molar-refractivity contribution is -0.136. The minimum atomic E-state index is -0.966. The zero-order valence-corrected chi connectivity index (χ0v) is 23.1. The molecule has 0 unspecified atom stereocenters. The number of carbonyl (C=O) groups excluding carboxylic acids is 3. The predicted octanol–water partition coefficient (Wildman–Crippen LogP) is 2.97. The first kappa shape index (κ1) is 32.1. The molecule has 0 fully saturated rings. The second-order valence-electron chi connectivity index (χ2n) is 9.47. The number of amides is 3. The number of ether oxygens (including phenoxy) is 1. The van der Waals surface area contributed by atoms with Gasteiger partial charge < -0.3 is 21.1 Å². The van der Waals surface area contributed by atoms with Crippen LogP contribution in [0, 0.1) is 11.8 Å². The number of methoxy groups -OCH3 is 1. The maximum absolute atomic E-state index is 13.3. The summed E-state index contributed by atoms with van der Waals surface area (Å²) in [6.07, 6.45) is 0.953. The Kier molecular flexibility index (Phi) is 13.9. The molecule has 8 nitrogen and oxygen atoms in total. The molecule has 2 rings (SSSR count). The SMILES string of the molecule is CC[C@H](C)[C@H](NCc1ccccc1)C(=O)NC(=O)[C@H](Cc1ccc(OC)cc1)NC(=O)[C@@H](N)C(C)C.Cl. The molecule has 9 heteroatoms. The molecule has 5 N–H and O–H groups in total. The third-order valence-electron chi connectivity index (χ3n) is 6.36. The van der Waals surface area contributed by atoms with Gasteiger partial charge in [-0.25, -0.2) is 0 Å². The summed E-state index contributed by atoms with van der Waals surface area (Å²) in [5.74, 6) is -0.866. The first-order chi connectivity index (χ1) is 17.2. The van der Waals surface area contributed by atoms with Gasteiger partial charge in [0.2, 0.25) is 17.7 Å². The monoisotopic (exact) mass is 532 g/mol. The zero-order chi connectivity index (χ0) is 26.7. The Morgan fingerprint density at radius 3 is 2.05 bits per heavy atom. The second kappa shape index (κ2) is 16.0. The molecule has 0 saturated heterocycles. The fraction of sp³-hybridized carbons (Fsp3) is 0.464. The van der Waals surface area contributed by atoms with Crippen LogP contribution in [0.4, 0.5) is 0 Å². The van der Waals surface area contributed by atoms with E-state index in [4.69, 9.17) is 10.5 Å². The lowest BCUT2D eigenvalue weighted by atomic mass is 9.97. The molecule has 204 valence electrons. The molecular formula is C28H41ClN4O4. The van der Waals surface area contributed by atoms with Gasteiger partial charge in [0.05, 0.1) is 19.2 Å². The lowest BCUT2D eigenvalue weighted by Crippen LogP contribution is -2.57. The summed E-state index contributed by atoms with van der Waals surface area (Å²) in [4.78, 5) is 39.1. The highest BCUT2D eigenvalue weighted by molar-refractivity contribution is 6.01. The van der Waals surface area contributed by atoms with Crippen LogP contribution in [0.2, 0.25) is 0 Å². The Morgan fingerprint density at radius 1 is 0.892 bits per heavy atom. The lowest BCUT2D eigenvalue weighted by Gasteiger charge is -2.26. The van der Waals surface area contributed by atoms with Gasteiger partial charge in [-0.2, -0.15) is 0 Å². The molecule has 0 heterocycles. The van der Waals surface area contributed by atoms with Gasteiger partial charge >= 0.3 is 0 Å². The van der Waals surface area contributed by atoms with E-state index in [0.29, 0.717) is 12.3 Å². The Morgan fingerprint density at radius 2 is 1.51 bits per heavy atom. The molecule has 0 aromatic heterocycles. The average Bonchev–Trinajstić information content (AvgIpc) is 2.88. The summed E-state index contributed by atoms with van der Waals surface area (Å²) in [5, 5.41) is 8.55. The van der Waals surface area contributed by atoms with Crippen LogP contribution < -0.4 is 26.4 Å².